The minimum absolute atomic E-state index is 0.204. The SMILES string of the molecule is Cc1cc(C(=O)NCCc2ccc3[nH]ccc3c2)no1. The lowest BCUT2D eigenvalue weighted by molar-refractivity contribution is 0.0945. The number of fused-ring (bicyclic) bond motifs is 1. The molecule has 0 aliphatic heterocycles. The molecule has 102 valence electrons. The topological polar surface area (TPSA) is 70.9 Å². The Bertz CT molecular complexity index is 742. The van der Waals surface area contributed by atoms with E-state index in [0.29, 0.717) is 18.0 Å². The number of benzene rings is 1. The molecular weight excluding hydrogens is 254 g/mol. The molecule has 0 aliphatic rings. The van der Waals surface area contributed by atoms with Gasteiger partial charge in [-0.15, -0.1) is 0 Å². The first-order valence-electron chi connectivity index (χ1n) is 6.50. The number of aromatic nitrogens is 2. The Labute approximate surface area is 116 Å². The van der Waals surface area contributed by atoms with Crippen molar-refractivity contribution in [2.75, 3.05) is 6.54 Å². The number of nitrogens with zero attached hydrogens (tertiary/aromatic N) is 1. The van der Waals surface area contributed by atoms with Crippen LogP contribution in [0.25, 0.3) is 10.9 Å². The van der Waals surface area contributed by atoms with E-state index >= 15 is 0 Å². The van der Waals surface area contributed by atoms with Crippen LogP contribution in [-0.2, 0) is 6.42 Å². The highest BCUT2D eigenvalue weighted by Gasteiger charge is 2.09. The van der Waals surface area contributed by atoms with E-state index in [9.17, 15) is 4.79 Å². The second kappa shape index (κ2) is 5.21. The average molecular weight is 269 g/mol. The molecule has 0 fully saturated rings. The highest BCUT2D eigenvalue weighted by Crippen LogP contribution is 2.14. The maximum Gasteiger partial charge on any atom is 0.273 e. The predicted molar refractivity (Wildman–Crippen MR) is 75.6 cm³/mol. The summed E-state index contributed by atoms with van der Waals surface area (Å²) in [6, 6.07) is 9.90. The van der Waals surface area contributed by atoms with Gasteiger partial charge >= 0.3 is 0 Å². The highest BCUT2D eigenvalue weighted by atomic mass is 16.5. The van der Waals surface area contributed by atoms with Crippen LogP contribution in [0.5, 0.6) is 0 Å². The first kappa shape index (κ1) is 12.5. The minimum Gasteiger partial charge on any atom is -0.361 e. The Hall–Kier alpha value is -2.56. The van der Waals surface area contributed by atoms with Crippen molar-refractivity contribution >= 4 is 16.8 Å². The Morgan fingerprint density at radius 2 is 2.25 bits per heavy atom. The number of hydrogen-bond acceptors (Lipinski definition) is 3. The summed E-state index contributed by atoms with van der Waals surface area (Å²) in [7, 11) is 0. The van der Waals surface area contributed by atoms with Crippen LogP contribution in [0, 0.1) is 6.92 Å². The van der Waals surface area contributed by atoms with Gasteiger partial charge in [0.15, 0.2) is 5.69 Å². The summed E-state index contributed by atoms with van der Waals surface area (Å²) in [5.74, 6) is 0.428. The molecule has 3 rings (SSSR count). The number of carbonyl (C=O) groups is 1. The number of H-pyrrole nitrogens is 1. The van der Waals surface area contributed by atoms with E-state index in [-0.39, 0.29) is 5.91 Å². The van der Waals surface area contributed by atoms with Gasteiger partial charge < -0.3 is 14.8 Å². The van der Waals surface area contributed by atoms with Crippen molar-refractivity contribution in [3.05, 3.63) is 53.5 Å². The van der Waals surface area contributed by atoms with Crippen molar-refractivity contribution in [2.24, 2.45) is 0 Å². The standard InChI is InChI=1S/C15H15N3O2/c1-10-8-14(18-20-10)15(19)17-6-4-11-2-3-13-12(9-11)5-7-16-13/h2-3,5,7-9,16H,4,6H2,1H3,(H,17,19). The van der Waals surface area contributed by atoms with Crippen molar-refractivity contribution < 1.29 is 9.32 Å². The molecule has 0 atom stereocenters. The Morgan fingerprint density at radius 1 is 1.35 bits per heavy atom. The first-order chi connectivity index (χ1) is 9.72. The van der Waals surface area contributed by atoms with Crippen LogP contribution in [0.2, 0.25) is 0 Å². The summed E-state index contributed by atoms with van der Waals surface area (Å²) in [6.07, 6.45) is 2.70. The van der Waals surface area contributed by atoms with Crippen LogP contribution in [0.4, 0.5) is 0 Å². The average Bonchev–Trinajstić information content (AvgIpc) is 3.06. The highest BCUT2D eigenvalue weighted by molar-refractivity contribution is 5.92. The number of nitrogens with one attached hydrogen (secondary N) is 2. The van der Waals surface area contributed by atoms with Crippen LogP contribution in [0.15, 0.2) is 41.1 Å². The number of aryl methyl sites for hydroxylation is 1. The van der Waals surface area contributed by atoms with Crippen molar-refractivity contribution in [1.29, 1.82) is 0 Å². The lowest BCUT2D eigenvalue weighted by Crippen LogP contribution is -2.25. The van der Waals surface area contributed by atoms with Crippen molar-refractivity contribution in [2.45, 2.75) is 13.3 Å². The fourth-order valence-electron chi connectivity index (χ4n) is 2.14. The molecule has 1 amide bonds. The van der Waals surface area contributed by atoms with Gasteiger partial charge in [0.05, 0.1) is 0 Å². The smallest absolute Gasteiger partial charge is 0.273 e. The van der Waals surface area contributed by atoms with Crippen molar-refractivity contribution in [1.82, 2.24) is 15.5 Å². The zero-order valence-corrected chi connectivity index (χ0v) is 11.1. The molecule has 5 nitrogen and oxygen atoms in total. The monoisotopic (exact) mass is 269 g/mol. The van der Waals surface area contributed by atoms with Crippen LogP contribution in [0.1, 0.15) is 21.8 Å². The molecule has 0 saturated heterocycles. The quantitative estimate of drug-likeness (QED) is 0.764. The number of carbonyl (C=O) groups excluding carboxylic acids is 1. The molecule has 1 aromatic carbocycles. The molecule has 2 N–H and O–H groups in total. The van der Waals surface area contributed by atoms with E-state index < -0.39 is 0 Å². The van der Waals surface area contributed by atoms with E-state index in [1.165, 1.54) is 10.9 Å². The van der Waals surface area contributed by atoms with Crippen LogP contribution >= 0.6 is 0 Å². The van der Waals surface area contributed by atoms with Crippen molar-refractivity contribution in [3.8, 4) is 0 Å². The summed E-state index contributed by atoms with van der Waals surface area (Å²) < 4.78 is 4.88. The molecule has 3 aromatic rings. The Balaban J connectivity index is 1.58. The lowest BCUT2D eigenvalue weighted by Gasteiger charge is -2.03. The molecule has 20 heavy (non-hydrogen) atoms. The third kappa shape index (κ3) is 2.56. The molecule has 0 spiro atoms. The molecule has 0 radical (unpaired) electrons. The van der Waals surface area contributed by atoms with E-state index in [2.05, 4.69) is 27.6 Å². The summed E-state index contributed by atoms with van der Waals surface area (Å²) >= 11 is 0. The molecule has 2 heterocycles. The van der Waals surface area contributed by atoms with E-state index in [1.54, 1.807) is 13.0 Å². The van der Waals surface area contributed by atoms with E-state index in [0.717, 1.165) is 11.9 Å². The van der Waals surface area contributed by atoms with Gasteiger partial charge in [0, 0.05) is 24.3 Å². The van der Waals surface area contributed by atoms with E-state index in [4.69, 9.17) is 4.52 Å². The molecular formula is C15H15N3O2. The van der Waals surface area contributed by atoms with Crippen LogP contribution < -0.4 is 5.32 Å². The first-order valence-corrected chi connectivity index (χ1v) is 6.50. The normalized spacial score (nSPS) is 10.8. The third-order valence-electron chi connectivity index (χ3n) is 3.18. The molecule has 5 heteroatoms. The zero-order chi connectivity index (χ0) is 13.9. The summed E-state index contributed by atoms with van der Waals surface area (Å²) in [6.45, 7) is 2.33. The Morgan fingerprint density at radius 3 is 3.05 bits per heavy atom. The minimum atomic E-state index is -0.204. The second-order valence-electron chi connectivity index (χ2n) is 4.73. The maximum absolute atomic E-state index is 11.8. The number of rotatable bonds is 4. The Kier molecular flexibility index (Phi) is 3.25. The number of hydrogen-bond donors (Lipinski definition) is 2. The fraction of sp³-hybridized carbons (Fsp3) is 0.200. The van der Waals surface area contributed by atoms with Gasteiger partial charge in [0.2, 0.25) is 0 Å². The summed E-state index contributed by atoms with van der Waals surface area (Å²) in [5, 5.41) is 7.70. The number of aromatic amines is 1. The lowest BCUT2D eigenvalue weighted by atomic mass is 10.1. The van der Waals surface area contributed by atoms with E-state index in [1.807, 2.05) is 18.3 Å². The third-order valence-corrected chi connectivity index (χ3v) is 3.18. The molecule has 0 aliphatic carbocycles. The molecule has 0 unspecified atom stereocenters. The summed E-state index contributed by atoms with van der Waals surface area (Å²) in [4.78, 5) is 14.9. The largest absolute Gasteiger partial charge is 0.361 e. The van der Waals surface area contributed by atoms with Crippen molar-refractivity contribution in [3.63, 3.8) is 0 Å². The van der Waals surface area contributed by atoms with Gasteiger partial charge in [-0.05, 0) is 42.5 Å². The molecule has 0 saturated carbocycles. The van der Waals surface area contributed by atoms with Crippen LogP contribution in [0.3, 0.4) is 0 Å². The second-order valence-corrected chi connectivity index (χ2v) is 4.73. The maximum atomic E-state index is 11.8. The van der Waals surface area contributed by atoms with Gasteiger partial charge in [-0.1, -0.05) is 11.2 Å². The van der Waals surface area contributed by atoms with Gasteiger partial charge in [-0.2, -0.15) is 0 Å². The van der Waals surface area contributed by atoms with Gasteiger partial charge in [-0.3, -0.25) is 4.79 Å². The molecule has 0 bridgehead atoms. The van der Waals surface area contributed by atoms with Gasteiger partial charge in [0.25, 0.3) is 5.91 Å². The zero-order valence-electron chi connectivity index (χ0n) is 11.1. The number of amides is 1. The van der Waals surface area contributed by atoms with Crippen LogP contribution in [-0.4, -0.2) is 22.6 Å². The van der Waals surface area contributed by atoms with Gasteiger partial charge in [-0.25, -0.2) is 0 Å². The predicted octanol–water partition coefficient (Wildman–Crippen LogP) is 2.44. The molecule has 2 aromatic heterocycles. The summed E-state index contributed by atoms with van der Waals surface area (Å²) in [5.41, 5.74) is 2.63. The fourth-order valence-corrected chi connectivity index (χ4v) is 2.14. The van der Waals surface area contributed by atoms with Gasteiger partial charge in [0.1, 0.15) is 5.76 Å².